The monoisotopic (exact) mass is 445 g/mol. The van der Waals surface area contributed by atoms with Crippen LogP contribution in [0.1, 0.15) is 34.2 Å². The number of aryl methyl sites for hydroxylation is 2. The Morgan fingerprint density at radius 3 is 2.70 bits per heavy atom. The largest absolute Gasteiger partial charge is 0.324 e. The summed E-state index contributed by atoms with van der Waals surface area (Å²) < 4.78 is 14.5. The summed E-state index contributed by atoms with van der Waals surface area (Å²) in [6, 6.07) is 11.1. The van der Waals surface area contributed by atoms with Gasteiger partial charge in [0.05, 0.1) is 5.56 Å². The molecule has 0 aliphatic carbocycles. The van der Waals surface area contributed by atoms with Crippen LogP contribution in [-0.4, -0.2) is 30.1 Å². The Kier molecular flexibility index (Phi) is 5.36. The van der Waals surface area contributed by atoms with E-state index >= 15 is 0 Å². The first kappa shape index (κ1) is 21.5. The molecule has 2 aliphatic heterocycles. The summed E-state index contributed by atoms with van der Waals surface area (Å²) in [7, 11) is 1.89. The molecule has 1 unspecified atom stereocenters. The molecule has 0 saturated heterocycles. The highest BCUT2D eigenvalue weighted by atomic mass is 19.1. The first-order chi connectivity index (χ1) is 15.9. The minimum absolute atomic E-state index is 0.228. The van der Waals surface area contributed by atoms with E-state index in [1.807, 2.05) is 30.3 Å². The number of benzene rings is 2. The van der Waals surface area contributed by atoms with Gasteiger partial charge in [-0.2, -0.15) is 4.98 Å². The molecular formula is C25H28FN7. The summed E-state index contributed by atoms with van der Waals surface area (Å²) in [5, 5.41) is 8.30. The van der Waals surface area contributed by atoms with Crippen LogP contribution in [0.4, 0.5) is 21.8 Å². The van der Waals surface area contributed by atoms with Gasteiger partial charge in [0, 0.05) is 31.0 Å². The Bertz CT molecular complexity index is 1240. The molecule has 0 fully saturated rings. The SMILES string of the molecule is Cc1cccc(C)c1C1(N)NN(C)c2nc(Nc3ccc(F)c(C4=CCNCC4)c3)ncc21. The van der Waals surface area contributed by atoms with E-state index in [0.717, 1.165) is 53.0 Å². The highest BCUT2D eigenvalue weighted by molar-refractivity contribution is 5.71. The summed E-state index contributed by atoms with van der Waals surface area (Å²) in [6.45, 7) is 5.70. The number of hydrogen-bond acceptors (Lipinski definition) is 7. The van der Waals surface area contributed by atoms with Gasteiger partial charge >= 0.3 is 0 Å². The standard InChI is InChI=1S/C25H28FN7/c1-15-5-4-6-16(2)22(15)25(27)20-14-29-24(31-23(20)33(3)32-25)30-18-7-8-21(26)19(13-18)17-9-11-28-12-10-17/h4-9,13-14,28,32H,10-12,27H2,1-3H3,(H,29,30,31). The molecule has 0 bridgehead atoms. The van der Waals surface area contributed by atoms with Crippen molar-refractivity contribution in [2.75, 3.05) is 30.5 Å². The normalized spacial score (nSPS) is 19.9. The number of nitrogens with one attached hydrogen (secondary N) is 3. The average molecular weight is 446 g/mol. The van der Waals surface area contributed by atoms with Crippen LogP contribution in [0.15, 0.2) is 48.7 Å². The zero-order valence-electron chi connectivity index (χ0n) is 19.0. The van der Waals surface area contributed by atoms with Crippen LogP contribution >= 0.6 is 0 Å². The molecule has 3 aromatic rings. The third-order valence-corrected chi connectivity index (χ3v) is 6.36. The Morgan fingerprint density at radius 2 is 1.97 bits per heavy atom. The van der Waals surface area contributed by atoms with Gasteiger partial charge in [0.1, 0.15) is 11.5 Å². The molecule has 8 heteroatoms. The minimum atomic E-state index is -0.928. The van der Waals surface area contributed by atoms with Gasteiger partial charge in [-0.05, 0) is 67.3 Å². The van der Waals surface area contributed by atoms with Crippen molar-refractivity contribution < 1.29 is 4.39 Å². The van der Waals surface area contributed by atoms with Crippen LogP contribution in [0, 0.1) is 19.7 Å². The van der Waals surface area contributed by atoms with Gasteiger partial charge in [0.15, 0.2) is 5.82 Å². The lowest BCUT2D eigenvalue weighted by atomic mass is 9.88. The molecule has 7 nitrogen and oxygen atoms in total. The summed E-state index contributed by atoms with van der Waals surface area (Å²) in [5.41, 5.74) is 15.7. The summed E-state index contributed by atoms with van der Waals surface area (Å²) >= 11 is 0. The first-order valence-corrected chi connectivity index (χ1v) is 11.1. The molecule has 0 saturated carbocycles. The molecule has 1 aromatic heterocycles. The number of hydrogen-bond donors (Lipinski definition) is 4. The predicted molar refractivity (Wildman–Crippen MR) is 130 cm³/mol. The van der Waals surface area contributed by atoms with Crippen molar-refractivity contribution in [1.29, 1.82) is 0 Å². The molecule has 2 aliphatic rings. The second kappa shape index (κ2) is 8.22. The topological polar surface area (TPSA) is 91.1 Å². The van der Waals surface area contributed by atoms with Crippen molar-refractivity contribution in [2.24, 2.45) is 5.73 Å². The van der Waals surface area contributed by atoms with Crippen molar-refractivity contribution in [3.63, 3.8) is 0 Å². The van der Waals surface area contributed by atoms with Crippen LogP contribution in [0.3, 0.4) is 0 Å². The quantitative estimate of drug-likeness (QED) is 0.489. The number of fused-ring (bicyclic) bond motifs is 1. The van der Waals surface area contributed by atoms with E-state index in [1.165, 1.54) is 6.07 Å². The van der Waals surface area contributed by atoms with Gasteiger partial charge in [-0.1, -0.05) is 24.3 Å². The molecule has 2 aromatic carbocycles. The molecule has 1 atom stereocenters. The summed E-state index contributed by atoms with van der Waals surface area (Å²) in [4.78, 5) is 9.26. The van der Waals surface area contributed by atoms with E-state index in [0.29, 0.717) is 17.3 Å². The number of aromatic nitrogens is 2. The van der Waals surface area contributed by atoms with Gasteiger partial charge < -0.3 is 16.4 Å². The van der Waals surface area contributed by atoms with Gasteiger partial charge in [0.25, 0.3) is 0 Å². The molecular weight excluding hydrogens is 417 g/mol. The Hall–Kier alpha value is -3.33. The number of anilines is 3. The third-order valence-electron chi connectivity index (χ3n) is 6.36. The highest BCUT2D eigenvalue weighted by Gasteiger charge is 2.43. The molecule has 5 N–H and O–H groups in total. The Morgan fingerprint density at radius 1 is 1.18 bits per heavy atom. The summed E-state index contributed by atoms with van der Waals surface area (Å²) in [6.07, 6.45) is 4.59. The fourth-order valence-corrected chi connectivity index (χ4v) is 4.82. The predicted octanol–water partition coefficient (Wildman–Crippen LogP) is 3.47. The van der Waals surface area contributed by atoms with Crippen LogP contribution in [-0.2, 0) is 5.66 Å². The molecule has 0 amide bonds. The van der Waals surface area contributed by atoms with Crippen LogP contribution in [0.2, 0.25) is 0 Å². The highest BCUT2D eigenvalue weighted by Crippen LogP contribution is 2.39. The second-order valence-electron chi connectivity index (χ2n) is 8.68. The molecule has 33 heavy (non-hydrogen) atoms. The zero-order valence-corrected chi connectivity index (χ0v) is 19.0. The molecule has 3 heterocycles. The van der Waals surface area contributed by atoms with E-state index in [2.05, 4.69) is 47.0 Å². The van der Waals surface area contributed by atoms with Crippen molar-refractivity contribution in [2.45, 2.75) is 25.9 Å². The molecule has 5 rings (SSSR count). The van der Waals surface area contributed by atoms with Crippen LogP contribution in [0.5, 0.6) is 0 Å². The lowest BCUT2D eigenvalue weighted by Gasteiger charge is -2.29. The maximum atomic E-state index is 14.5. The molecule has 170 valence electrons. The van der Waals surface area contributed by atoms with Crippen molar-refractivity contribution in [1.82, 2.24) is 20.7 Å². The number of hydrazine groups is 1. The number of nitrogens with two attached hydrogens (primary N) is 1. The smallest absolute Gasteiger partial charge is 0.229 e. The third kappa shape index (κ3) is 3.76. The number of halogens is 1. The van der Waals surface area contributed by atoms with Crippen LogP contribution in [0.25, 0.3) is 5.57 Å². The lowest BCUT2D eigenvalue weighted by Crippen LogP contribution is -2.52. The fourth-order valence-electron chi connectivity index (χ4n) is 4.82. The van der Waals surface area contributed by atoms with Gasteiger partial charge in [-0.25, -0.2) is 14.8 Å². The number of nitrogens with zero attached hydrogens (tertiary/aromatic N) is 3. The van der Waals surface area contributed by atoms with Crippen LogP contribution < -0.4 is 26.8 Å². The van der Waals surface area contributed by atoms with E-state index < -0.39 is 5.66 Å². The fraction of sp³-hybridized carbons (Fsp3) is 0.280. The van der Waals surface area contributed by atoms with Gasteiger partial charge in [0.2, 0.25) is 5.95 Å². The van der Waals surface area contributed by atoms with Crippen molar-refractivity contribution >= 4 is 23.0 Å². The maximum absolute atomic E-state index is 14.5. The van der Waals surface area contributed by atoms with E-state index in [-0.39, 0.29) is 5.82 Å². The van der Waals surface area contributed by atoms with E-state index in [4.69, 9.17) is 10.7 Å². The van der Waals surface area contributed by atoms with Crippen molar-refractivity contribution in [3.8, 4) is 0 Å². The summed E-state index contributed by atoms with van der Waals surface area (Å²) in [5.74, 6) is 0.889. The minimum Gasteiger partial charge on any atom is -0.324 e. The van der Waals surface area contributed by atoms with Gasteiger partial charge in [-0.15, -0.1) is 0 Å². The zero-order chi connectivity index (χ0) is 23.2. The van der Waals surface area contributed by atoms with E-state index in [1.54, 1.807) is 12.3 Å². The Labute approximate surface area is 192 Å². The Balaban J connectivity index is 1.48. The molecule has 0 spiro atoms. The van der Waals surface area contributed by atoms with E-state index in [9.17, 15) is 4.39 Å². The number of rotatable bonds is 4. The van der Waals surface area contributed by atoms with Crippen molar-refractivity contribution in [3.05, 3.63) is 82.3 Å². The molecule has 0 radical (unpaired) electrons. The lowest BCUT2D eigenvalue weighted by molar-refractivity contribution is 0.442. The first-order valence-electron chi connectivity index (χ1n) is 11.1. The average Bonchev–Trinajstić information content (AvgIpc) is 3.05. The van der Waals surface area contributed by atoms with Gasteiger partial charge in [-0.3, -0.25) is 5.01 Å². The second-order valence-corrected chi connectivity index (χ2v) is 8.68. The maximum Gasteiger partial charge on any atom is 0.229 e.